The minimum absolute atomic E-state index is 0.439. The maximum Gasteiger partial charge on any atom is 0.332 e. The zero-order valence-corrected chi connectivity index (χ0v) is 11.2. The second-order valence-corrected chi connectivity index (χ2v) is 5.65. The highest BCUT2D eigenvalue weighted by Crippen LogP contribution is 2.20. The Hall–Kier alpha value is -2.11. The van der Waals surface area contributed by atoms with Crippen molar-refractivity contribution in [2.24, 2.45) is 0 Å². The Labute approximate surface area is 118 Å². The van der Waals surface area contributed by atoms with Crippen LogP contribution in [0.25, 0.3) is 0 Å². The van der Waals surface area contributed by atoms with Crippen LogP contribution in [0.15, 0.2) is 23.1 Å². The number of aliphatic hydroxyl groups is 1. The molecule has 1 rings (SSSR count). The molecule has 0 amide bonds. The van der Waals surface area contributed by atoms with Crippen LogP contribution in [0, 0.1) is 15.9 Å². The summed E-state index contributed by atoms with van der Waals surface area (Å²) in [6.07, 6.45) is -2.21. The molecule has 0 bridgehead atoms. The minimum atomic E-state index is -4.40. The molecule has 0 fully saturated rings. The summed E-state index contributed by atoms with van der Waals surface area (Å²) in [5.74, 6) is -2.72. The van der Waals surface area contributed by atoms with Gasteiger partial charge in [0, 0.05) is 18.7 Å². The lowest BCUT2D eigenvalue weighted by molar-refractivity contribution is -0.385. The molecule has 9 nitrogen and oxygen atoms in total. The summed E-state index contributed by atoms with van der Waals surface area (Å²) in [6, 6.07) is 1.99. The number of nitrogens with zero attached hydrogens (tertiary/aromatic N) is 1. The van der Waals surface area contributed by atoms with Gasteiger partial charge in [-0.2, -0.15) is 0 Å². The molecule has 21 heavy (non-hydrogen) atoms. The molecule has 11 heteroatoms. The molecule has 0 aliphatic rings. The summed E-state index contributed by atoms with van der Waals surface area (Å²) in [6.45, 7) is -0.474. The molecule has 1 aromatic carbocycles. The Morgan fingerprint density at radius 3 is 2.62 bits per heavy atom. The summed E-state index contributed by atoms with van der Waals surface area (Å²) in [7, 11) is -4.40. The van der Waals surface area contributed by atoms with Gasteiger partial charge in [-0.15, -0.1) is 0 Å². The summed E-state index contributed by atoms with van der Waals surface area (Å²) in [4.78, 5) is 19.1. The molecule has 0 aromatic heterocycles. The van der Waals surface area contributed by atoms with Crippen molar-refractivity contribution in [1.29, 1.82) is 0 Å². The molecule has 3 N–H and O–H groups in total. The number of hydrogen-bond acceptors (Lipinski definition) is 6. The fourth-order valence-corrected chi connectivity index (χ4v) is 2.49. The monoisotopic (exact) mass is 322 g/mol. The molecule has 0 heterocycles. The van der Waals surface area contributed by atoms with E-state index in [1.807, 2.05) is 4.72 Å². The van der Waals surface area contributed by atoms with Crippen molar-refractivity contribution in [3.8, 4) is 0 Å². The van der Waals surface area contributed by atoms with Gasteiger partial charge in [-0.3, -0.25) is 10.1 Å². The topological polar surface area (TPSA) is 147 Å². The van der Waals surface area contributed by atoms with Crippen LogP contribution < -0.4 is 4.72 Å². The fourth-order valence-electron chi connectivity index (χ4n) is 1.34. The molecule has 1 aromatic rings. The van der Waals surface area contributed by atoms with Crippen molar-refractivity contribution < 1.29 is 32.7 Å². The van der Waals surface area contributed by atoms with Gasteiger partial charge in [-0.05, 0) is 12.5 Å². The Bertz CT molecular complexity index is 661. The highest BCUT2D eigenvalue weighted by atomic mass is 32.2. The highest BCUT2D eigenvalue weighted by molar-refractivity contribution is 7.89. The first-order chi connectivity index (χ1) is 9.65. The standard InChI is InChI=1S/C10H11FN2O7S/c11-7-2-1-6(13(17)18)5-9(7)21(19,20)12-4-3-8(14)10(15)16/h1-2,5,8,12,14H,3-4H2,(H,15,16). The van der Waals surface area contributed by atoms with E-state index in [0.29, 0.717) is 12.1 Å². The van der Waals surface area contributed by atoms with Gasteiger partial charge < -0.3 is 10.2 Å². The second-order valence-electron chi connectivity index (χ2n) is 3.91. The lowest BCUT2D eigenvalue weighted by Crippen LogP contribution is -2.30. The van der Waals surface area contributed by atoms with Crippen molar-refractivity contribution >= 4 is 21.7 Å². The number of non-ortho nitro benzene ring substituents is 1. The number of nitrogens with one attached hydrogen (secondary N) is 1. The van der Waals surface area contributed by atoms with Gasteiger partial charge in [0.05, 0.1) is 4.92 Å². The molecule has 0 aliphatic carbocycles. The van der Waals surface area contributed by atoms with Crippen LogP contribution in [-0.2, 0) is 14.8 Å². The van der Waals surface area contributed by atoms with Crippen LogP contribution in [-0.4, -0.2) is 42.2 Å². The molecule has 0 aliphatic heterocycles. The first kappa shape index (κ1) is 16.9. The summed E-state index contributed by atoms with van der Waals surface area (Å²) in [5.41, 5.74) is -0.609. The number of carboxylic acids is 1. The Morgan fingerprint density at radius 2 is 2.10 bits per heavy atom. The Morgan fingerprint density at radius 1 is 1.48 bits per heavy atom. The molecular formula is C10H11FN2O7S. The predicted octanol–water partition coefficient (Wildman–Crippen LogP) is -0.152. The number of nitro benzene ring substituents is 1. The van der Waals surface area contributed by atoms with Crippen molar-refractivity contribution in [2.75, 3.05) is 6.54 Å². The second kappa shape index (κ2) is 6.56. The lowest BCUT2D eigenvalue weighted by atomic mass is 10.3. The number of sulfonamides is 1. The van der Waals surface area contributed by atoms with Gasteiger partial charge >= 0.3 is 5.97 Å². The van der Waals surface area contributed by atoms with Gasteiger partial charge in [-0.1, -0.05) is 0 Å². The van der Waals surface area contributed by atoms with E-state index in [1.165, 1.54) is 0 Å². The minimum Gasteiger partial charge on any atom is -0.479 e. The SMILES string of the molecule is O=C(O)C(O)CCNS(=O)(=O)c1cc([N+](=O)[O-])ccc1F. The number of aliphatic hydroxyl groups excluding tert-OH is 1. The number of carbonyl (C=O) groups is 1. The van der Waals surface area contributed by atoms with Crippen molar-refractivity contribution in [1.82, 2.24) is 4.72 Å². The number of aliphatic carboxylic acids is 1. The molecule has 1 atom stereocenters. The zero-order chi connectivity index (χ0) is 16.2. The number of benzene rings is 1. The molecule has 0 saturated heterocycles. The number of rotatable bonds is 7. The first-order valence-corrected chi connectivity index (χ1v) is 6.98. The van der Waals surface area contributed by atoms with E-state index in [0.717, 1.165) is 6.07 Å². The van der Waals surface area contributed by atoms with Crippen molar-refractivity contribution in [3.05, 3.63) is 34.1 Å². The molecule has 1 unspecified atom stereocenters. The van der Waals surface area contributed by atoms with Crippen LogP contribution >= 0.6 is 0 Å². The number of hydrogen-bond donors (Lipinski definition) is 3. The summed E-state index contributed by atoms with van der Waals surface area (Å²) in [5, 5.41) is 27.9. The third-order valence-corrected chi connectivity index (χ3v) is 3.89. The van der Waals surface area contributed by atoms with E-state index in [9.17, 15) is 27.7 Å². The van der Waals surface area contributed by atoms with Crippen LogP contribution in [0.4, 0.5) is 10.1 Å². The zero-order valence-electron chi connectivity index (χ0n) is 10.4. The van der Waals surface area contributed by atoms with E-state index in [4.69, 9.17) is 10.2 Å². The number of carboxylic acid groups (broad SMARTS) is 1. The average molecular weight is 322 g/mol. The average Bonchev–Trinajstić information content (AvgIpc) is 2.38. The highest BCUT2D eigenvalue weighted by Gasteiger charge is 2.23. The van der Waals surface area contributed by atoms with Gasteiger partial charge in [0.25, 0.3) is 5.69 Å². The molecular weight excluding hydrogens is 311 g/mol. The van der Waals surface area contributed by atoms with E-state index >= 15 is 0 Å². The van der Waals surface area contributed by atoms with Crippen LogP contribution in [0.5, 0.6) is 0 Å². The first-order valence-electron chi connectivity index (χ1n) is 5.49. The van der Waals surface area contributed by atoms with Crippen LogP contribution in [0.3, 0.4) is 0 Å². The van der Waals surface area contributed by atoms with Crippen LogP contribution in [0.1, 0.15) is 6.42 Å². The maximum absolute atomic E-state index is 13.5. The fraction of sp³-hybridized carbons (Fsp3) is 0.300. The third-order valence-electron chi connectivity index (χ3n) is 2.41. The van der Waals surface area contributed by atoms with Crippen LogP contribution in [0.2, 0.25) is 0 Å². The molecule has 0 saturated carbocycles. The van der Waals surface area contributed by atoms with E-state index in [1.54, 1.807) is 0 Å². The third kappa shape index (κ3) is 4.44. The molecule has 0 spiro atoms. The lowest BCUT2D eigenvalue weighted by Gasteiger charge is -2.09. The smallest absolute Gasteiger partial charge is 0.332 e. The number of nitro groups is 1. The van der Waals surface area contributed by atoms with Crippen molar-refractivity contribution in [3.63, 3.8) is 0 Å². The van der Waals surface area contributed by atoms with Gasteiger partial charge in [0.1, 0.15) is 10.7 Å². The van der Waals surface area contributed by atoms with E-state index < -0.39 is 56.4 Å². The Balaban J connectivity index is 2.90. The van der Waals surface area contributed by atoms with E-state index in [-0.39, 0.29) is 0 Å². The molecule has 116 valence electrons. The van der Waals surface area contributed by atoms with Gasteiger partial charge in [0.2, 0.25) is 10.0 Å². The van der Waals surface area contributed by atoms with E-state index in [2.05, 4.69) is 0 Å². The quantitative estimate of drug-likeness (QED) is 0.467. The Kier molecular flexibility index (Phi) is 5.29. The predicted molar refractivity (Wildman–Crippen MR) is 66.5 cm³/mol. The van der Waals surface area contributed by atoms with Gasteiger partial charge in [-0.25, -0.2) is 22.3 Å². The van der Waals surface area contributed by atoms with Gasteiger partial charge in [0.15, 0.2) is 6.10 Å². The number of halogens is 1. The normalized spacial score (nSPS) is 12.9. The summed E-state index contributed by atoms with van der Waals surface area (Å²) < 4.78 is 38.9. The molecule has 0 radical (unpaired) electrons. The summed E-state index contributed by atoms with van der Waals surface area (Å²) >= 11 is 0. The maximum atomic E-state index is 13.5. The van der Waals surface area contributed by atoms with Crippen molar-refractivity contribution in [2.45, 2.75) is 17.4 Å². The largest absolute Gasteiger partial charge is 0.479 e.